The zero-order chi connectivity index (χ0) is 22.6. The van der Waals surface area contributed by atoms with Gasteiger partial charge in [0.15, 0.2) is 5.13 Å². The molecule has 3 aromatic carbocycles. The van der Waals surface area contributed by atoms with Gasteiger partial charge in [0.2, 0.25) is 5.91 Å². The van der Waals surface area contributed by atoms with E-state index in [1.807, 2.05) is 47.4 Å². The zero-order valence-electron chi connectivity index (χ0n) is 18.8. The van der Waals surface area contributed by atoms with Crippen LogP contribution in [-0.4, -0.2) is 30.1 Å². The number of amides is 1. The van der Waals surface area contributed by atoms with Gasteiger partial charge in [-0.3, -0.25) is 9.69 Å². The van der Waals surface area contributed by atoms with E-state index in [0.717, 1.165) is 45.9 Å². The number of thiazole rings is 1. The molecule has 1 aliphatic heterocycles. The first-order valence-corrected chi connectivity index (χ1v) is 12.4. The molecule has 0 saturated carbocycles. The largest absolute Gasteiger partial charge is 0.376 e. The smallest absolute Gasteiger partial charge is 0.229 e. The summed E-state index contributed by atoms with van der Waals surface area (Å²) in [6.45, 7) is 3.40. The zero-order valence-corrected chi connectivity index (χ0v) is 19.6. The molecule has 1 saturated heterocycles. The SMILES string of the molecule is Cc1ccc2nc(N(C[C@@H]3CCCO3)C(=O)CC(c3ccccc3)c3ccccc3)sc2c1. The second-order valence-electron chi connectivity index (χ2n) is 8.69. The second-order valence-corrected chi connectivity index (χ2v) is 9.69. The van der Waals surface area contributed by atoms with E-state index in [1.165, 1.54) is 5.56 Å². The van der Waals surface area contributed by atoms with Crippen LogP contribution in [-0.2, 0) is 9.53 Å². The highest BCUT2D eigenvalue weighted by Crippen LogP contribution is 2.34. The molecule has 33 heavy (non-hydrogen) atoms. The fourth-order valence-corrected chi connectivity index (χ4v) is 5.59. The van der Waals surface area contributed by atoms with Crippen LogP contribution in [0.25, 0.3) is 10.2 Å². The summed E-state index contributed by atoms with van der Waals surface area (Å²) in [6, 6.07) is 26.9. The van der Waals surface area contributed by atoms with Crippen molar-refractivity contribution in [3.05, 3.63) is 95.6 Å². The monoisotopic (exact) mass is 456 g/mol. The molecule has 0 bridgehead atoms. The summed E-state index contributed by atoms with van der Waals surface area (Å²) in [4.78, 5) is 20.6. The van der Waals surface area contributed by atoms with Gasteiger partial charge in [0.25, 0.3) is 0 Å². The second kappa shape index (κ2) is 9.86. The summed E-state index contributed by atoms with van der Waals surface area (Å²) in [5.74, 6) is 0.0718. The summed E-state index contributed by atoms with van der Waals surface area (Å²) < 4.78 is 7.01. The highest BCUT2D eigenvalue weighted by Gasteiger charge is 2.29. The molecule has 1 amide bonds. The van der Waals surface area contributed by atoms with Crippen LogP contribution in [0.3, 0.4) is 0 Å². The molecule has 0 unspecified atom stereocenters. The lowest BCUT2D eigenvalue weighted by molar-refractivity contribution is -0.119. The van der Waals surface area contributed by atoms with Crippen molar-refractivity contribution in [1.29, 1.82) is 0 Å². The third-order valence-electron chi connectivity index (χ3n) is 6.26. The first-order chi connectivity index (χ1) is 16.2. The number of ether oxygens (including phenoxy) is 1. The topological polar surface area (TPSA) is 42.4 Å². The van der Waals surface area contributed by atoms with Crippen LogP contribution in [0.5, 0.6) is 0 Å². The Hall–Kier alpha value is -3.02. The molecule has 4 nitrogen and oxygen atoms in total. The average molecular weight is 457 g/mol. The lowest BCUT2D eigenvalue weighted by Crippen LogP contribution is -2.38. The number of anilines is 1. The summed E-state index contributed by atoms with van der Waals surface area (Å²) in [5.41, 5.74) is 4.43. The van der Waals surface area contributed by atoms with Gasteiger partial charge in [-0.1, -0.05) is 78.1 Å². The summed E-state index contributed by atoms with van der Waals surface area (Å²) in [6.07, 6.45) is 2.47. The molecule has 0 spiro atoms. The van der Waals surface area contributed by atoms with Crippen LogP contribution in [0.2, 0.25) is 0 Å². The van der Waals surface area contributed by atoms with Crippen molar-refractivity contribution < 1.29 is 9.53 Å². The fraction of sp³-hybridized carbons (Fsp3) is 0.286. The van der Waals surface area contributed by atoms with Crippen molar-refractivity contribution in [2.75, 3.05) is 18.1 Å². The molecule has 1 fully saturated rings. The van der Waals surface area contributed by atoms with Crippen LogP contribution in [0.1, 0.15) is 41.9 Å². The Labute approximate surface area is 198 Å². The van der Waals surface area contributed by atoms with Gasteiger partial charge < -0.3 is 4.74 Å². The van der Waals surface area contributed by atoms with Gasteiger partial charge in [-0.05, 0) is 48.6 Å². The maximum Gasteiger partial charge on any atom is 0.229 e. The number of aryl methyl sites for hydroxylation is 1. The molecule has 1 aromatic heterocycles. The summed E-state index contributed by atoms with van der Waals surface area (Å²) in [5, 5.41) is 0.760. The van der Waals surface area contributed by atoms with E-state index >= 15 is 0 Å². The Morgan fingerprint density at radius 3 is 2.39 bits per heavy atom. The van der Waals surface area contributed by atoms with Crippen LogP contribution in [0.4, 0.5) is 5.13 Å². The Kier molecular flexibility index (Phi) is 6.51. The van der Waals surface area contributed by atoms with Crippen molar-refractivity contribution in [3.63, 3.8) is 0 Å². The number of hydrogen-bond acceptors (Lipinski definition) is 4. The average Bonchev–Trinajstić information content (AvgIpc) is 3.51. The molecule has 2 heterocycles. The molecular weight excluding hydrogens is 428 g/mol. The number of carbonyl (C=O) groups is 1. The van der Waals surface area contributed by atoms with Crippen LogP contribution in [0, 0.1) is 6.92 Å². The number of benzene rings is 3. The Balaban J connectivity index is 1.48. The number of rotatable bonds is 7. The minimum Gasteiger partial charge on any atom is -0.376 e. The molecule has 1 aliphatic rings. The molecule has 5 rings (SSSR count). The van der Waals surface area contributed by atoms with Crippen molar-refractivity contribution in [2.45, 2.75) is 38.2 Å². The maximum atomic E-state index is 13.9. The molecule has 0 radical (unpaired) electrons. The molecule has 4 aromatic rings. The van der Waals surface area contributed by atoms with Gasteiger partial charge in [-0.2, -0.15) is 0 Å². The first kappa shape index (κ1) is 21.8. The molecule has 168 valence electrons. The van der Waals surface area contributed by atoms with Gasteiger partial charge in [0.1, 0.15) is 0 Å². The molecule has 0 aliphatic carbocycles. The van der Waals surface area contributed by atoms with Gasteiger partial charge in [-0.25, -0.2) is 4.98 Å². The number of hydrogen-bond donors (Lipinski definition) is 0. The summed E-state index contributed by atoms with van der Waals surface area (Å²) in [7, 11) is 0. The predicted octanol–water partition coefficient (Wildman–Crippen LogP) is 6.34. The van der Waals surface area contributed by atoms with Gasteiger partial charge in [-0.15, -0.1) is 0 Å². The van der Waals surface area contributed by atoms with Crippen LogP contribution >= 0.6 is 11.3 Å². The number of fused-ring (bicyclic) bond motifs is 1. The van der Waals surface area contributed by atoms with Gasteiger partial charge >= 0.3 is 0 Å². The van der Waals surface area contributed by atoms with Crippen molar-refractivity contribution in [1.82, 2.24) is 4.98 Å². The lowest BCUT2D eigenvalue weighted by Gasteiger charge is -2.26. The number of carbonyl (C=O) groups excluding carboxylic acids is 1. The third-order valence-corrected chi connectivity index (χ3v) is 7.30. The first-order valence-electron chi connectivity index (χ1n) is 11.6. The Morgan fingerprint density at radius 2 is 1.76 bits per heavy atom. The standard InChI is InChI=1S/C28H28N2O2S/c1-20-14-15-25-26(17-20)33-28(29-25)30(19-23-13-8-16-32-23)27(31)18-24(21-9-4-2-5-10-21)22-11-6-3-7-12-22/h2-7,9-12,14-15,17,23-24H,8,13,16,18-19H2,1H3/t23-/m0/s1. The Bertz CT molecular complexity index is 1180. The van der Waals surface area contributed by atoms with E-state index in [4.69, 9.17) is 9.72 Å². The fourth-order valence-electron chi connectivity index (χ4n) is 4.50. The van der Waals surface area contributed by atoms with E-state index in [0.29, 0.717) is 13.0 Å². The summed E-state index contributed by atoms with van der Waals surface area (Å²) >= 11 is 1.59. The number of nitrogens with zero attached hydrogens (tertiary/aromatic N) is 2. The van der Waals surface area contributed by atoms with E-state index in [1.54, 1.807) is 11.3 Å². The van der Waals surface area contributed by atoms with Crippen LogP contribution < -0.4 is 4.90 Å². The molecule has 1 atom stereocenters. The molecule has 5 heteroatoms. The van der Waals surface area contributed by atoms with Crippen molar-refractivity contribution in [2.24, 2.45) is 0 Å². The minimum absolute atomic E-state index is 0.0106. The van der Waals surface area contributed by atoms with E-state index in [2.05, 4.69) is 43.3 Å². The lowest BCUT2D eigenvalue weighted by atomic mass is 9.88. The van der Waals surface area contributed by atoms with Crippen molar-refractivity contribution >= 4 is 32.6 Å². The number of aromatic nitrogens is 1. The van der Waals surface area contributed by atoms with Gasteiger partial charge in [0.05, 0.1) is 22.9 Å². The third kappa shape index (κ3) is 5.00. The minimum atomic E-state index is -0.0106. The van der Waals surface area contributed by atoms with E-state index in [9.17, 15) is 4.79 Å². The quantitative estimate of drug-likeness (QED) is 0.326. The maximum absolute atomic E-state index is 13.9. The highest BCUT2D eigenvalue weighted by molar-refractivity contribution is 7.22. The van der Waals surface area contributed by atoms with Gasteiger partial charge in [0, 0.05) is 18.9 Å². The molecule has 0 N–H and O–H groups in total. The van der Waals surface area contributed by atoms with Crippen LogP contribution in [0.15, 0.2) is 78.9 Å². The van der Waals surface area contributed by atoms with E-state index < -0.39 is 0 Å². The normalized spacial score (nSPS) is 15.9. The van der Waals surface area contributed by atoms with Crippen molar-refractivity contribution in [3.8, 4) is 0 Å². The molecular formula is C28H28N2O2S. The Morgan fingerprint density at radius 1 is 1.06 bits per heavy atom. The predicted molar refractivity (Wildman–Crippen MR) is 135 cm³/mol. The highest BCUT2D eigenvalue weighted by atomic mass is 32.1. The van der Waals surface area contributed by atoms with E-state index in [-0.39, 0.29) is 17.9 Å².